The van der Waals surface area contributed by atoms with Gasteiger partial charge in [-0.15, -0.1) is 0 Å². The second kappa shape index (κ2) is 6.95. The van der Waals surface area contributed by atoms with Crippen LogP contribution >= 0.6 is 43.6 Å². The molecular weight excluding hydrogens is 420 g/mol. The summed E-state index contributed by atoms with van der Waals surface area (Å²) in [7, 11) is 0. The van der Waals surface area contributed by atoms with E-state index in [0.717, 1.165) is 4.47 Å². The third-order valence-electron chi connectivity index (χ3n) is 3.15. The largest absolute Gasteiger partial charge is 0.310 e. The minimum atomic E-state index is -0.0105. The zero-order valence-electron chi connectivity index (χ0n) is 11.2. The standard InChI is InChI=1S/C14H12Br2N2O2S/c1-8(19)21-7-9-2-13(20)18(6-9)14-10(5-17)3-11(15)4-12(14)16/h3-4,9H,2,6-7H2,1H3. The maximum atomic E-state index is 12.2. The molecule has 21 heavy (non-hydrogen) atoms. The van der Waals surface area contributed by atoms with Crippen LogP contribution in [-0.2, 0) is 9.59 Å². The predicted molar refractivity (Wildman–Crippen MR) is 90.2 cm³/mol. The zero-order valence-corrected chi connectivity index (χ0v) is 15.2. The maximum absolute atomic E-state index is 12.2. The zero-order chi connectivity index (χ0) is 15.6. The lowest BCUT2D eigenvalue weighted by Gasteiger charge is -2.20. The second-order valence-electron chi connectivity index (χ2n) is 4.77. The molecule has 0 bridgehead atoms. The Labute approximate surface area is 144 Å². The maximum Gasteiger partial charge on any atom is 0.227 e. The van der Waals surface area contributed by atoms with Crippen molar-refractivity contribution in [3.05, 3.63) is 26.6 Å². The fourth-order valence-electron chi connectivity index (χ4n) is 2.27. The molecule has 1 unspecified atom stereocenters. The Hall–Kier alpha value is -0.840. The molecule has 0 radical (unpaired) electrons. The van der Waals surface area contributed by atoms with E-state index in [9.17, 15) is 14.9 Å². The minimum absolute atomic E-state index is 0.0105. The molecule has 1 aromatic carbocycles. The number of benzene rings is 1. The summed E-state index contributed by atoms with van der Waals surface area (Å²) >= 11 is 8.01. The molecule has 4 nitrogen and oxygen atoms in total. The third kappa shape index (κ3) is 3.87. The van der Waals surface area contributed by atoms with Crippen LogP contribution in [0.2, 0.25) is 0 Å². The van der Waals surface area contributed by atoms with Crippen LogP contribution in [-0.4, -0.2) is 23.3 Å². The number of carbonyl (C=O) groups excluding carboxylic acids is 2. The van der Waals surface area contributed by atoms with Crippen molar-refractivity contribution >= 4 is 60.3 Å². The Kier molecular flexibility index (Phi) is 5.47. The SMILES string of the molecule is CC(=O)SCC1CC(=O)N(c2c(Br)cc(Br)cc2C#N)C1. The highest BCUT2D eigenvalue weighted by atomic mass is 79.9. The molecule has 0 aliphatic carbocycles. The number of thioether (sulfide) groups is 1. The van der Waals surface area contributed by atoms with Crippen LogP contribution in [0.15, 0.2) is 21.1 Å². The number of hydrogen-bond acceptors (Lipinski definition) is 4. The highest BCUT2D eigenvalue weighted by Gasteiger charge is 2.33. The molecule has 0 aromatic heterocycles. The monoisotopic (exact) mass is 430 g/mol. The molecule has 1 fully saturated rings. The third-order valence-corrected chi connectivity index (χ3v) is 5.25. The molecular formula is C14H12Br2N2O2S. The van der Waals surface area contributed by atoms with Crippen molar-refractivity contribution in [2.45, 2.75) is 13.3 Å². The summed E-state index contributed by atoms with van der Waals surface area (Å²) in [5.41, 5.74) is 1.06. The van der Waals surface area contributed by atoms with E-state index in [2.05, 4.69) is 37.9 Å². The van der Waals surface area contributed by atoms with E-state index in [4.69, 9.17) is 0 Å². The normalized spacial score (nSPS) is 17.9. The molecule has 1 saturated heterocycles. The Morgan fingerprint density at radius 1 is 1.52 bits per heavy atom. The fourth-order valence-corrected chi connectivity index (χ4v) is 4.40. The number of amides is 1. The molecule has 7 heteroatoms. The first-order valence-corrected chi connectivity index (χ1v) is 8.82. The molecule has 1 atom stereocenters. The average molecular weight is 432 g/mol. The van der Waals surface area contributed by atoms with Crippen molar-refractivity contribution in [1.29, 1.82) is 5.26 Å². The molecule has 1 amide bonds. The molecule has 0 N–H and O–H groups in total. The summed E-state index contributed by atoms with van der Waals surface area (Å²) in [5, 5.41) is 9.34. The Balaban J connectivity index is 2.25. The van der Waals surface area contributed by atoms with Crippen LogP contribution in [0.4, 0.5) is 5.69 Å². The van der Waals surface area contributed by atoms with Crippen molar-refractivity contribution in [3.63, 3.8) is 0 Å². The number of halogens is 2. The minimum Gasteiger partial charge on any atom is -0.310 e. The number of nitriles is 1. The molecule has 110 valence electrons. The molecule has 2 rings (SSSR count). The van der Waals surface area contributed by atoms with Gasteiger partial charge in [0, 0.05) is 34.6 Å². The van der Waals surface area contributed by atoms with E-state index in [1.807, 2.05) is 6.07 Å². The molecule has 0 saturated carbocycles. The first-order valence-electron chi connectivity index (χ1n) is 6.25. The van der Waals surface area contributed by atoms with Crippen molar-refractivity contribution in [1.82, 2.24) is 0 Å². The summed E-state index contributed by atoms with van der Waals surface area (Å²) in [4.78, 5) is 24.9. The van der Waals surface area contributed by atoms with Gasteiger partial charge in [-0.05, 0) is 34.0 Å². The van der Waals surface area contributed by atoms with Crippen molar-refractivity contribution < 1.29 is 9.59 Å². The van der Waals surface area contributed by atoms with Crippen LogP contribution in [0.1, 0.15) is 18.9 Å². The Bertz CT molecular complexity index is 643. The Morgan fingerprint density at radius 3 is 2.86 bits per heavy atom. The summed E-state index contributed by atoms with van der Waals surface area (Å²) in [6.07, 6.45) is 0.410. The summed E-state index contributed by atoms with van der Waals surface area (Å²) in [6.45, 7) is 2.06. The van der Waals surface area contributed by atoms with Crippen LogP contribution in [0.5, 0.6) is 0 Å². The molecule has 0 spiro atoms. The van der Waals surface area contributed by atoms with Gasteiger partial charge in [0.05, 0.1) is 11.3 Å². The van der Waals surface area contributed by atoms with Gasteiger partial charge in [-0.3, -0.25) is 9.59 Å². The number of carbonyl (C=O) groups is 2. The van der Waals surface area contributed by atoms with Crippen molar-refractivity contribution in [2.24, 2.45) is 5.92 Å². The van der Waals surface area contributed by atoms with Crippen LogP contribution in [0.3, 0.4) is 0 Å². The highest BCUT2D eigenvalue weighted by molar-refractivity contribution is 9.11. The molecule has 1 aromatic rings. The molecule has 1 aliphatic heterocycles. The fraction of sp³-hybridized carbons (Fsp3) is 0.357. The number of nitrogens with zero attached hydrogens (tertiary/aromatic N) is 2. The van der Waals surface area contributed by atoms with E-state index < -0.39 is 0 Å². The van der Waals surface area contributed by atoms with E-state index in [1.54, 1.807) is 11.0 Å². The van der Waals surface area contributed by atoms with Crippen LogP contribution in [0.25, 0.3) is 0 Å². The first-order chi connectivity index (χ1) is 9.92. The van der Waals surface area contributed by atoms with Gasteiger partial charge in [0.1, 0.15) is 6.07 Å². The van der Waals surface area contributed by atoms with E-state index >= 15 is 0 Å². The van der Waals surface area contributed by atoms with E-state index in [1.165, 1.54) is 18.7 Å². The van der Waals surface area contributed by atoms with Gasteiger partial charge in [0.2, 0.25) is 5.91 Å². The highest BCUT2D eigenvalue weighted by Crippen LogP contribution is 2.37. The number of rotatable bonds is 3. The smallest absolute Gasteiger partial charge is 0.227 e. The van der Waals surface area contributed by atoms with Gasteiger partial charge in [-0.1, -0.05) is 27.7 Å². The lowest BCUT2D eigenvalue weighted by Crippen LogP contribution is -2.26. The number of anilines is 1. The van der Waals surface area contributed by atoms with Crippen molar-refractivity contribution in [3.8, 4) is 6.07 Å². The van der Waals surface area contributed by atoms with Gasteiger partial charge in [0.15, 0.2) is 5.12 Å². The van der Waals surface area contributed by atoms with Gasteiger partial charge < -0.3 is 4.90 Å². The average Bonchev–Trinajstić information content (AvgIpc) is 2.76. The quantitative estimate of drug-likeness (QED) is 0.731. The van der Waals surface area contributed by atoms with Gasteiger partial charge >= 0.3 is 0 Å². The molecule has 1 heterocycles. The Morgan fingerprint density at radius 2 is 2.24 bits per heavy atom. The lowest BCUT2D eigenvalue weighted by atomic mass is 10.1. The van der Waals surface area contributed by atoms with Gasteiger partial charge in [0.25, 0.3) is 0 Å². The van der Waals surface area contributed by atoms with Crippen LogP contribution < -0.4 is 4.90 Å². The van der Waals surface area contributed by atoms with Gasteiger partial charge in [-0.2, -0.15) is 5.26 Å². The summed E-state index contributed by atoms with van der Waals surface area (Å²) in [5.74, 6) is 0.755. The molecule has 1 aliphatic rings. The van der Waals surface area contributed by atoms with Crippen LogP contribution in [0, 0.1) is 17.2 Å². The van der Waals surface area contributed by atoms with E-state index in [-0.39, 0.29) is 16.9 Å². The predicted octanol–water partition coefficient (Wildman–Crippen LogP) is 3.72. The lowest BCUT2D eigenvalue weighted by molar-refractivity contribution is -0.117. The summed E-state index contributed by atoms with van der Waals surface area (Å²) in [6, 6.07) is 5.65. The first kappa shape index (κ1) is 16.5. The van der Waals surface area contributed by atoms with Crippen molar-refractivity contribution in [2.75, 3.05) is 17.2 Å². The second-order valence-corrected chi connectivity index (χ2v) is 7.74. The van der Waals surface area contributed by atoms with Gasteiger partial charge in [-0.25, -0.2) is 0 Å². The van der Waals surface area contributed by atoms with E-state index in [0.29, 0.717) is 34.4 Å². The topological polar surface area (TPSA) is 61.2 Å². The summed E-state index contributed by atoms with van der Waals surface area (Å²) < 4.78 is 1.49. The number of hydrogen-bond donors (Lipinski definition) is 0.